The first-order valence-corrected chi connectivity index (χ1v) is 11.0. The van der Waals surface area contributed by atoms with Crippen LogP contribution < -0.4 is 4.80 Å². The Morgan fingerprint density at radius 3 is 2.73 bits per heavy atom. The molecule has 0 aliphatic rings. The van der Waals surface area contributed by atoms with Gasteiger partial charge in [-0.3, -0.25) is 14.9 Å². The molecule has 0 fully saturated rings. The van der Waals surface area contributed by atoms with E-state index in [2.05, 4.69) is 4.99 Å². The van der Waals surface area contributed by atoms with Crippen LogP contribution in [0.5, 0.6) is 0 Å². The van der Waals surface area contributed by atoms with Crippen LogP contribution in [-0.2, 0) is 11.3 Å². The predicted molar refractivity (Wildman–Crippen MR) is 120 cm³/mol. The first kappa shape index (κ1) is 21.0. The van der Waals surface area contributed by atoms with Gasteiger partial charge in [0.05, 0.1) is 31.6 Å². The van der Waals surface area contributed by atoms with Crippen LogP contribution >= 0.6 is 45.9 Å². The quantitative estimate of drug-likeness (QED) is 0.277. The average Bonchev–Trinajstić information content (AvgIpc) is 3.26. The molecule has 0 unspecified atom stereocenters. The number of nitrogens with zero attached hydrogens (tertiary/aromatic N) is 3. The van der Waals surface area contributed by atoms with Crippen molar-refractivity contribution in [3.05, 3.63) is 66.2 Å². The van der Waals surface area contributed by atoms with Crippen molar-refractivity contribution in [2.45, 2.75) is 6.54 Å². The Bertz CT molecular complexity index is 1370. The van der Waals surface area contributed by atoms with Gasteiger partial charge < -0.3 is 9.30 Å². The zero-order valence-corrected chi connectivity index (χ0v) is 18.6. The van der Waals surface area contributed by atoms with Crippen LogP contribution in [0.3, 0.4) is 0 Å². The molecule has 0 saturated carbocycles. The number of thiazole rings is 1. The molecular weight excluding hydrogens is 469 g/mol. The maximum atomic E-state index is 12.9. The number of benzene rings is 2. The molecule has 4 rings (SSSR count). The molecule has 1 amide bonds. The number of rotatable bonds is 5. The minimum Gasteiger partial charge on any atom is -0.383 e. The highest BCUT2D eigenvalue weighted by Gasteiger charge is 2.16. The van der Waals surface area contributed by atoms with Crippen LogP contribution in [-0.4, -0.2) is 29.1 Å². The molecule has 30 heavy (non-hydrogen) atoms. The average molecular weight is 482 g/mol. The highest BCUT2D eigenvalue weighted by atomic mass is 35.5. The molecule has 2 heterocycles. The van der Waals surface area contributed by atoms with Crippen molar-refractivity contribution < 1.29 is 14.5 Å². The van der Waals surface area contributed by atoms with Crippen molar-refractivity contribution in [1.29, 1.82) is 0 Å². The van der Waals surface area contributed by atoms with Gasteiger partial charge in [-0.1, -0.05) is 34.5 Å². The van der Waals surface area contributed by atoms with Crippen LogP contribution in [0.1, 0.15) is 9.67 Å². The van der Waals surface area contributed by atoms with Gasteiger partial charge in [0, 0.05) is 40.9 Å². The summed E-state index contributed by atoms with van der Waals surface area (Å²) >= 11 is 15.0. The minimum atomic E-state index is -0.465. The number of nitro groups is 1. The number of hydrogen-bond acceptors (Lipinski definition) is 6. The molecule has 154 valence electrons. The number of carbonyl (C=O) groups excluding carboxylic acids is 1. The van der Waals surface area contributed by atoms with Crippen LogP contribution in [0.25, 0.3) is 20.3 Å². The van der Waals surface area contributed by atoms with Gasteiger partial charge in [-0.2, -0.15) is 4.99 Å². The molecule has 2 aromatic heterocycles. The summed E-state index contributed by atoms with van der Waals surface area (Å²) in [5.74, 6) is -0.432. The predicted octanol–water partition coefficient (Wildman–Crippen LogP) is 5.52. The van der Waals surface area contributed by atoms with E-state index in [9.17, 15) is 14.9 Å². The van der Waals surface area contributed by atoms with E-state index in [1.54, 1.807) is 31.4 Å². The maximum absolute atomic E-state index is 12.9. The van der Waals surface area contributed by atoms with Crippen molar-refractivity contribution in [3.63, 3.8) is 0 Å². The Balaban J connectivity index is 1.82. The van der Waals surface area contributed by atoms with E-state index in [0.717, 1.165) is 14.9 Å². The third-order valence-corrected chi connectivity index (χ3v) is 6.97. The molecule has 0 spiro atoms. The Kier molecular flexibility index (Phi) is 5.90. The molecule has 0 bridgehead atoms. The molecule has 7 nitrogen and oxygen atoms in total. The Labute approximate surface area is 187 Å². The summed E-state index contributed by atoms with van der Waals surface area (Å²) in [6.45, 7) is 0.876. The fourth-order valence-corrected chi connectivity index (χ4v) is 5.76. The van der Waals surface area contributed by atoms with Crippen LogP contribution in [0.15, 0.2) is 41.4 Å². The number of nitro benzene ring substituents is 1. The second-order valence-electron chi connectivity index (χ2n) is 6.27. The highest BCUT2D eigenvalue weighted by Crippen LogP contribution is 2.31. The van der Waals surface area contributed by atoms with Crippen molar-refractivity contribution in [1.82, 2.24) is 4.57 Å². The van der Waals surface area contributed by atoms with E-state index in [1.807, 2.05) is 4.57 Å². The summed E-state index contributed by atoms with van der Waals surface area (Å²) in [5, 5.41) is 12.6. The first-order chi connectivity index (χ1) is 14.4. The number of halogens is 2. The van der Waals surface area contributed by atoms with Crippen molar-refractivity contribution in [3.8, 4) is 0 Å². The van der Waals surface area contributed by atoms with Crippen molar-refractivity contribution in [2.75, 3.05) is 13.7 Å². The van der Waals surface area contributed by atoms with E-state index >= 15 is 0 Å². The molecule has 0 saturated heterocycles. The van der Waals surface area contributed by atoms with Gasteiger partial charge in [0.1, 0.15) is 0 Å². The lowest BCUT2D eigenvalue weighted by Crippen LogP contribution is -2.19. The van der Waals surface area contributed by atoms with Crippen molar-refractivity contribution in [2.24, 2.45) is 4.99 Å². The normalized spacial score (nSPS) is 12.2. The largest absolute Gasteiger partial charge is 0.383 e. The number of thiophene rings is 1. The second kappa shape index (κ2) is 8.44. The van der Waals surface area contributed by atoms with E-state index in [1.165, 1.54) is 34.8 Å². The summed E-state index contributed by atoms with van der Waals surface area (Å²) in [4.78, 5) is 28.6. The number of non-ortho nitro benzene ring substituents is 1. The zero-order chi connectivity index (χ0) is 21.4. The molecular formula is C19H13Cl2N3O4S2. The number of methoxy groups -OCH3 is 1. The molecule has 0 radical (unpaired) electrons. The Hall–Kier alpha value is -2.30. The van der Waals surface area contributed by atoms with Gasteiger partial charge in [0.25, 0.3) is 11.6 Å². The molecule has 0 atom stereocenters. The monoisotopic (exact) mass is 481 g/mol. The summed E-state index contributed by atoms with van der Waals surface area (Å²) in [7, 11) is 1.59. The minimum absolute atomic E-state index is 0.0235. The van der Waals surface area contributed by atoms with E-state index < -0.39 is 10.8 Å². The fourth-order valence-electron chi connectivity index (χ4n) is 3.00. The van der Waals surface area contributed by atoms with Gasteiger partial charge in [0.15, 0.2) is 4.80 Å². The Morgan fingerprint density at radius 2 is 2.00 bits per heavy atom. The maximum Gasteiger partial charge on any atom is 0.289 e. The molecule has 0 N–H and O–H groups in total. The van der Waals surface area contributed by atoms with Gasteiger partial charge >= 0.3 is 0 Å². The zero-order valence-electron chi connectivity index (χ0n) is 15.4. The smallest absolute Gasteiger partial charge is 0.289 e. The summed E-state index contributed by atoms with van der Waals surface area (Å²) in [6, 6.07) is 9.54. The third kappa shape index (κ3) is 3.99. The van der Waals surface area contributed by atoms with Crippen molar-refractivity contribution >= 4 is 77.8 Å². The first-order valence-electron chi connectivity index (χ1n) is 8.62. The lowest BCUT2D eigenvalue weighted by Gasteiger charge is -2.05. The number of fused-ring (bicyclic) bond motifs is 2. The van der Waals surface area contributed by atoms with E-state index in [-0.39, 0.29) is 5.69 Å². The van der Waals surface area contributed by atoms with E-state index in [4.69, 9.17) is 27.9 Å². The summed E-state index contributed by atoms with van der Waals surface area (Å²) in [5.41, 5.74) is 0.714. The molecule has 0 aliphatic carbocycles. The summed E-state index contributed by atoms with van der Waals surface area (Å²) in [6.07, 6.45) is 0. The SMILES string of the molecule is COCCn1c(=NC(=O)c2cc3cc([N+](=O)[O-])ccc3s2)sc2cc(Cl)cc(Cl)c21. The van der Waals surface area contributed by atoms with Gasteiger partial charge in [-0.05, 0) is 24.3 Å². The van der Waals surface area contributed by atoms with Crippen LogP contribution in [0.4, 0.5) is 5.69 Å². The number of hydrogen-bond donors (Lipinski definition) is 0. The molecule has 4 aromatic rings. The standard InChI is InChI=1S/C19H13Cl2N3O4S2/c1-28-5-4-23-17-13(21)8-11(20)9-15(17)30-19(23)22-18(25)16-7-10-6-12(24(26)27)2-3-14(10)29-16/h2-3,6-9H,4-5H2,1H3. The number of amides is 1. The second-order valence-corrected chi connectivity index (χ2v) is 9.21. The van der Waals surface area contributed by atoms with Gasteiger partial charge in [0.2, 0.25) is 0 Å². The lowest BCUT2D eigenvalue weighted by molar-refractivity contribution is -0.384. The van der Waals surface area contributed by atoms with E-state index in [0.29, 0.717) is 38.3 Å². The Morgan fingerprint density at radius 1 is 1.20 bits per heavy atom. The molecule has 11 heteroatoms. The number of carbonyl (C=O) groups is 1. The summed E-state index contributed by atoms with van der Waals surface area (Å²) < 4.78 is 8.59. The number of aromatic nitrogens is 1. The fraction of sp³-hybridized carbons (Fsp3) is 0.158. The lowest BCUT2D eigenvalue weighted by atomic mass is 10.2. The van der Waals surface area contributed by atoms with Crippen LogP contribution in [0.2, 0.25) is 10.0 Å². The molecule has 2 aromatic carbocycles. The molecule has 0 aliphatic heterocycles. The number of ether oxygens (including phenoxy) is 1. The van der Waals surface area contributed by atoms with Crippen LogP contribution in [0, 0.1) is 10.1 Å². The topological polar surface area (TPSA) is 86.7 Å². The highest BCUT2D eigenvalue weighted by molar-refractivity contribution is 7.21. The van der Waals surface area contributed by atoms with Gasteiger partial charge in [-0.25, -0.2) is 0 Å². The van der Waals surface area contributed by atoms with Gasteiger partial charge in [-0.15, -0.1) is 11.3 Å². The third-order valence-electron chi connectivity index (χ3n) is 4.33.